The monoisotopic (exact) mass is 643 g/mol. The van der Waals surface area contributed by atoms with Crippen molar-refractivity contribution in [1.29, 1.82) is 0 Å². The van der Waals surface area contributed by atoms with Crippen molar-refractivity contribution >= 4 is 70.9 Å². The number of aromatic carboxylic acids is 1. The largest absolute Gasteiger partial charge is 0.478 e. The summed E-state index contributed by atoms with van der Waals surface area (Å²) < 4.78 is 6.76. The Morgan fingerprint density at radius 3 is 2.51 bits per heavy atom. The van der Waals surface area contributed by atoms with Gasteiger partial charge in [-0.1, -0.05) is 55.5 Å². The lowest BCUT2D eigenvalue weighted by molar-refractivity contribution is 0.0695. The molecule has 5 rings (SSSR count). The van der Waals surface area contributed by atoms with Gasteiger partial charge in [0.25, 0.3) is 0 Å². The number of anilines is 2. The fourth-order valence-electron chi connectivity index (χ4n) is 5.29. The number of ether oxygens (including phenoxy) is 1. The van der Waals surface area contributed by atoms with Gasteiger partial charge in [-0.3, -0.25) is 14.9 Å². The van der Waals surface area contributed by atoms with Crippen LogP contribution in [0.3, 0.4) is 0 Å². The van der Waals surface area contributed by atoms with E-state index in [0.29, 0.717) is 33.9 Å². The summed E-state index contributed by atoms with van der Waals surface area (Å²) in [7, 11) is -1.36. The van der Waals surface area contributed by atoms with E-state index in [2.05, 4.69) is 35.3 Å². The van der Waals surface area contributed by atoms with E-state index in [9.17, 15) is 19.5 Å². The molecule has 0 aliphatic heterocycles. The molecule has 2 amide bonds. The molecule has 232 valence electrons. The van der Waals surface area contributed by atoms with E-state index in [1.54, 1.807) is 36.7 Å². The third-order valence-corrected chi connectivity index (χ3v) is 9.56. The number of fused-ring (bicyclic) bond motifs is 3. The van der Waals surface area contributed by atoms with E-state index in [1.165, 1.54) is 10.6 Å². The predicted molar refractivity (Wildman–Crippen MR) is 181 cm³/mol. The zero-order chi connectivity index (χ0) is 32.5. The minimum Gasteiger partial charge on any atom is -0.478 e. The summed E-state index contributed by atoms with van der Waals surface area (Å²) in [6.45, 7) is 9.19. The molecule has 0 radical (unpaired) electrons. The highest BCUT2D eigenvalue weighted by Gasteiger charge is 2.21. The lowest BCUT2D eigenvalue weighted by atomic mass is 9.96. The molecule has 0 aliphatic carbocycles. The standard InChI is InChI=1S/C33H34ClN5O5Si/c1-19-23(6-5-7-27(19)37-16-20-8-9-21(34)14-25(20)31(40)41)26-17-36-18-29-30(26)24-11-10-22(15-28(24)39(29)32(35)42)38-33(43)44-12-13-45(2,3)4/h5-11,14-15,17-18,37H,12-13,16H2,1-4H3,(H2,35,42)(H,38,43)(H,40,41). The number of amides is 2. The first-order chi connectivity index (χ1) is 21.3. The number of carbonyl (C=O) groups excluding carboxylic acids is 2. The summed E-state index contributed by atoms with van der Waals surface area (Å²) in [5, 5.41) is 17.6. The Morgan fingerprint density at radius 2 is 1.80 bits per heavy atom. The van der Waals surface area contributed by atoms with Crippen LogP contribution in [0.1, 0.15) is 21.5 Å². The Balaban J connectivity index is 1.51. The van der Waals surface area contributed by atoms with Crippen molar-refractivity contribution in [3.05, 3.63) is 88.7 Å². The van der Waals surface area contributed by atoms with Crippen LogP contribution in [0.5, 0.6) is 0 Å². The lowest BCUT2D eigenvalue weighted by Crippen LogP contribution is -2.24. The van der Waals surface area contributed by atoms with Gasteiger partial charge >= 0.3 is 18.1 Å². The molecule has 0 unspecified atom stereocenters. The number of nitrogens with two attached hydrogens (primary N) is 1. The molecule has 10 nitrogen and oxygen atoms in total. The first-order valence-corrected chi connectivity index (χ1v) is 18.4. The zero-order valence-electron chi connectivity index (χ0n) is 25.4. The van der Waals surface area contributed by atoms with Crippen LogP contribution in [0.25, 0.3) is 32.9 Å². The quantitative estimate of drug-likeness (QED) is 0.119. The first kappa shape index (κ1) is 31.5. The van der Waals surface area contributed by atoms with Gasteiger partial charge in [0.15, 0.2) is 0 Å². The number of halogens is 1. The van der Waals surface area contributed by atoms with Crippen LogP contribution >= 0.6 is 11.6 Å². The maximum Gasteiger partial charge on any atom is 0.411 e. The number of hydrogen-bond acceptors (Lipinski definition) is 6. The highest BCUT2D eigenvalue weighted by molar-refractivity contribution is 6.76. The molecule has 5 N–H and O–H groups in total. The molecule has 0 spiro atoms. The second-order valence-electron chi connectivity index (χ2n) is 12.0. The lowest BCUT2D eigenvalue weighted by Gasteiger charge is -2.15. The van der Waals surface area contributed by atoms with Crippen LogP contribution < -0.4 is 16.4 Å². The molecular formula is C33H34ClN5O5Si. The Labute approximate surface area is 266 Å². The van der Waals surface area contributed by atoms with Crippen molar-refractivity contribution in [3.63, 3.8) is 0 Å². The maximum absolute atomic E-state index is 12.7. The van der Waals surface area contributed by atoms with Gasteiger partial charge in [0.05, 0.1) is 29.4 Å². The number of carbonyl (C=O) groups is 3. The van der Waals surface area contributed by atoms with E-state index >= 15 is 0 Å². The van der Waals surface area contributed by atoms with E-state index in [1.807, 2.05) is 31.2 Å². The maximum atomic E-state index is 12.7. The van der Waals surface area contributed by atoms with E-state index in [4.69, 9.17) is 22.1 Å². The Hall–Kier alpha value is -4.87. The zero-order valence-corrected chi connectivity index (χ0v) is 27.2. The number of carboxylic acids is 1. The van der Waals surface area contributed by atoms with Crippen molar-refractivity contribution in [3.8, 4) is 11.1 Å². The van der Waals surface area contributed by atoms with Crippen molar-refractivity contribution in [2.45, 2.75) is 39.2 Å². The predicted octanol–water partition coefficient (Wildman–Crippen LogP) is 7.94. The van der Waals surface area contributed by atoms with Crippen LogP contribution in [0, 0.1) is 6.92 Å². The molecule has 0 saturated carbocycles. The minimum absolute atomic E-state index is 0.130. The van der Waals surface area contributed by atoms with Gasteiger partial charge in [-0.25, -0.2) is 14.4 Å². The minimum atomic E-state index is -1.36. The number of pyridine rings is 1. The van der Waals surface area contributed by atoms with Gasteiger partial charge in [0, 0.05) is 53.5 Å². The van der Waals surface area contributed by atoms with Crippen LogP contribution in [-0.2, 0) is 11.3 Å². The van der Waals surface area contributed by atoms with Crippen LogP contribution in [0.4, 0.5) is 21.0 Å². The van der Waals surface area contributed by atoms with Crippen molar-refractivity contribution in [2.24, 2.45) is 5.73 Å². The molecule has 2 aromatic heterocycles. The Kier molecular flexibility index (Phi) is 8.85. The number of carboxylic acid groups (broad SMARTS) is 1. The molecule has 3 aromatic carbocycles. The molecule has 5 aromatic rings. The van der Waals surface area contributed by atoms with Crippen LogP contribution in [0.15, 0.2) is 67.0 Å². The fourth-order valence-corrected chi connectivity index (χ4v) is 6.18. The molecule has 0 atom stereocenters. The normalized spacial score (nSPS) is 11.5. The number of primary amides is 1. The molecule has 0 fully saturated rings. The molecule has 12 heteroatoms. The van der Waals surface area contributed by atoms with Crippen LogP contribution in [-0.4, -0.2) is 47.4 Å². The molecule has 0 aliphatic rings. The van der Waals surface area contributed by atoms with Gasteiger partial charge in [-0.2, -0.15) is 0 Å². The molecule has 2 heterocycles. The fraction of sp³-hybridized carbons (Fsp3) is 0.212. The van der Waals surface area contributed by atoms with Crippen LogP contribution in [0.2, 0.25) is 30.7 Å². The topological polar surface area (TPSA) is 149 Å². The summed E-state index contributed by atoms with van der Waals surface area (Å²) in [6.07, 6.45) is 2.76. The number of nitrogens with zero attached hydrogens (tertiary/aromatic N) is 2. The summed E-state index contributed by atoms with van der Waals surface area (Å²) in [4.78, 5) is 41.4. The molecule has 0 saturated heterocycles. The average molecular weight is 644 g/mol. The third kappa shape index (κ3) is 6.79. The van der Waals surface area contributed by atoms with E-state index in [0.717, 1.165) is 39.2 Å². The van der Waals surface area contributed by atoms with Crippen molar-refractivity contribution in [2.75, 3.05) is 17.2 Å². The number of aromatic nitrogens is 2. The highest BCUT2D eigenvalue weighted by Crippen LogP contribution is 2.39. The summed E-state index contributed by atoms with van der Waals surface area (Å²) in [6, 6.07) is 16.0. The smallest absolute Gasteiger partial charge is 0.411 e. The number of benzene rings is 3. The second kappa shape index (κ2) is 12.6. The first-order valence-electron chi connectivity index (χ1n) is 14.4. The van der Waals surface area contributed by atoms with Crippen molar-refractivity contribution < 1.29 is 24.2 Å². The van der Waals surface area contributed by atoms with Gasteiger partial charge in [0.1, 0.15) is 0 Å². The molecule has 0 bridgehead atoms. The Morgan fingerprint density at radius 1 is 1.02 bits per heavy atom. The second-order valence-corrected chi connectivity index (χ2v) is 18.1. The summed E-state index contributed by atoms with van der Waals surface area (Å²) in [5.74, 6) is -1.05. The number of rotatable bonds is 9. The Bertz CT molecular complexity index is 1970. The van der Waals surface area contributed by atoms with Gasteiger partial charge in [-0.15, -0.1) is 0 Å². The number of nitrogens with one attached hydrogen (secondary N) is 2. The summed E-state index contributed by atoms with van der Waals surface area (Å²) in [5.41, 5.74) is 11.4. The molecule has 45 heavy (non-hydrogen) atoms. The van der Waals surface area contributed by atoms with Gasteiger partial charge in [0.2, 0.25) is 0 Å². The molecular weight excluding hydrogens is 610 g/mol. The number of hydrogen-bond donors (Lipinski definition) is 4. The third-order valence-electron chi connectivity index (χ3n) is 7.62. The SMILES string of the molecule is Cc1c(NCc2ccc(Cl)cc2C(=O)O)cccc1-c1cncc2c1c1ccc(NC(=O)OCC[Si](C)(C)C)cc1n2C(N)=O. The average Bonchev–Trinajstić information content (AvgIpc) is 3.30. The van der Waals surface area contributed by atoms with Crippen molar-refractivity contribution in [1.82, 2.24) is 9.55 Å². The van der Waals surface area contributed by atoms with E-state index < -0.39 is 26.2 Å². The van der Waals surface area contributed by atoms with Gasteiger partial charge < -0.3 is 20.9 Å². The highest BCUT2D eigenvalue weighted by atomic mass is 35.5. The van der Waals surface area contributed by atoms with E-state index in [-0.39, 0.29) is 12.1 Å². The summed E-state index contributed by atoms with van der Waals surface area (Å²) >= 11 is 6.02. The van der Waals surface area contributed by atoms with Gasteiger partial charge in [-0.05, 0) is 60.0 Å².